The molecule has 1 aromatic heterocycles. The second kappa shape index (κ2) is 8.76. The van der Waals surface area contributed by atoms with E-state index in [9.17, 15) is 13.2 Å². The summed E-state index contributed by atoms with van der Waals surface area (Å²) in [5, 5.41) is 2.81. The number of ether oxygens (including phenoxy) is 2. The van der Waals surface area contributed by atoms with Gasteiger partial charge in [-0.25, -0.2) is 8.42 Å². The van der Waals surface area contributed by atoms with Gasteiger partial charge in [-0.3, -0.25) is 4.79 Å². The topological polar surface area (TPSA) is 101 Å². The molecule has 0 saturated carbocycles. The van der Waals surface area contributed by atoms with Crippen LogP contribution in [0.5, 0.6) is 5.75 Å². The molecule has 1 aliphatic heterocycles. The second-order valence-corrected chi connectivity index (χ2v) is 8.52. The summed E-state index contributed by atoms with van der Waals surface area (Å²) in [6, 6.07) is 7.26. The highest BCUT2D eigenvalue weighted by atomic mass is 32.2. The Bertz CT molecular complexity index is 933. The highest BCUT2D eigenvalue weighted by Crippen LogP contribution is 2.20. The molecule has 1 amide bonds. The number of methoxy groups -OCH3 is 1. The first-order valence-electron chi connectivity index (χ1n) is 9.10. The van der Waals surface area contributed by atoms with Crippen molar-refractivity contribution in [2.24, 2.45) is 0 Å². The molecule has 8 nitrogen and oxygen atoms in total. The third kappa shape index (κ3) is 4.54. The minimum atomic E-state index is -3.63. The van der Waals surface area contributed by atoms with Crippen LogP contribution in [0.1, 0.15) is 21.6 Å². The van der Waals surface area contributed by atoms with Gasteiger partial charge in [0.2, 0.25) is 10.0 Å². The molecule has 0 unspecified atom stereocenters. The number of carbonyl (C=O) groups is 1. The Hall–Kier alpha value is -2.36. The molecule has 0 atom stereocenters. The van der Waals surface area contributed by atoms with Gasteiger partial charge in [0, 0.05) is 25.8 Å². The number of amides is 1. The molecule has 2 N–H and O–H groups in total. The Morgan fingerprint density at radius 3 is 2.75 bits per heavy atom. The van der Waals surface area contributed by atoms with Crippen molar-refractivity contribution in [3.05, 3.63) is 47.3 Å². The van der Waals surface area contributed by atoms with Crippen LogP contribution in [0.15, 0.2) is 35.4 Å². The Kier molecular flexibility index (Phi) is 6.38. The minimum Gasteiger partial charge on any atom is -0.496 e. The number of benzene rings is 1. The fraction of sp³-hybridized carbons (Fsp3) is 0.421. The van der Waals surface area contributed by atoms with E-state index in [-0.39, 0.29) is 16.5 Å². The maximum Gasteiger partial charge on any atom is 0.267 e. The lowest BCUT2D eigenvalue weighted by Crippen LogP contribution is -2.40. The molecule has 1 fully saturated rings. The van der Waals surface area contributed by atoms with E-state index in [4.69, 9.17) is 9.47 Å². The van der Waals surface area contributed by atoms with E-state index < -0.39 is 10.0 Å². The predicted octanol–water partition coefficient (Wildman–Crippen LogP) is 1.33. The summed E-state index contributed by atoms with van der Waals surface area (Å²) in [6.45, 7) is 3.78. The summed E-state index contributed by atoms with van der Waals surface area (Å²) in [5.41, 5.74) is 2.33. The number of aromatic nitrogens is 1. The highest BCUT2D eigenvalue weighted by molar-refractivity contribution is 7.89. The quantitative estimate of drug-likeness (QED) is 0.721. The number of hydrogen-bond acceptors (Lipinski definition) is 5. The Morgan fingerprint density at radius 2 is 2.04 bits per heavy atom. The van der Waals surface area contributed by atoms with Crippen LogP contribution < -0.4 is 10.1 Å². The van der Waals surface area contributed by atoms with Gasteiger partial charge in [0.25, 0.3) is 5.91 Å². The zero-order valence-electron chi connectivity index (χ0n) is 16.0. The number of sulfonamides is 1. The van der Waals surface area contributed by atoms with E-state index >= 15 is 0 Å². The lowest BCUT2D eigenvalue weighted by Gasteiger charge is -2.25. The van der Waals surface area contributed by atoms with Gasteiger partial charge >= 0.3 is 0 Å². The third-order valence-electron chi connectivity index (χ3n) is 4.62. The van der Waals surface area contributed by atoms with Gasteiger partial charge in [0.1, 0.15) is 16.3 Å². The average Bonchev–Trinajstić information content (AvgIpc) is 3.20. The summed E-state index contributed by atoms with van der Waals surface area (Å²) < 4.78 is 37.2. The van der Waals surface area contributed by atoms with Gasteiger partial charge in [-0.2, -0.15) is 4.31 Å². The van der Waals surface area contributed by atoms with Gasteiger partial charge in [-0.1, -0.05) is 17.7 Å². The fourth-order valence-corrected chi connectivity index (χ4v) is 4.50. The number of hydrogen-bond donors (Lipinski definition) is 2. The van der Waals surface area contributed by atoms with Crippen molar-refractivity contribution in [3.8, 4) is 5.75 Å². The third-order valence-corrected chi connectivity index (χ3v) is 6.50. The van der Waals surface area contributed by atoms with E-state index in [1.165, 1.54) is 16.6 Å². The van der Waals surface area contributed by atoms with Crippen molar-refractivity contribution in [2.45, 2.75) is 18.2 Å². The van der Waals surface area contributed by atoms with Crippen molar-refractivity contribution in [3.63, 3.8) is 0 Å². The van der Waals surface area contributed by atoms with E-state index in [2.05, 4.69) is 10.3 Å². The fourth-order valence-electron chi connectivity index (χ4n) is 3.10. The van der Waals surface area contributed by atoms with E-state index in [0.717, 1.165) is 16.9 Å². The largest absolute Gasteiger partial charge is 0.496 e. The Morgan fingerprint density at radius 1 is 1.29 bits per heavy atom. The molecule has 0 bridgehead atoms. The van der Waals surface area contributed by atoms with Gasteiger partial charge in [-0.05, 0) is 31.0 Å². The van der Waals surface area contributed by atoms with Crippen LogP contribution in [0.3, 0.4) is 0 Å². The number of H-pyrrole nitrogens is 1. The number of nitrogens with zero attached hydrogens (tertiary/aromatic N) is 1. The normalized spacial score (nSPS) is 15.4. The molecule has 28 heavy (non-hydrogen) atoms. The van der Waals surface area contributed by atoms with Crippen molar-refractivity contribution < 1.29 is 22.7 Å². The summed E-state index contributed by atoms with van der Waals surface area (Å²) >= 11 is 0. The maximum absolute atomic E-state index is 12.6. The SMILES string of the molecule is COc1ccc(C)cc1CCNC(=O)c1cc(S(=O)(=O)N2CCOCC2)c[nH]1. The second-order valence-electron chi connectivity index (χ2n) is 6.59. The molecular formula is C19H25N3O5S. The molecular weight excluding hydrogens is 382 g/mol. The first-order valence-corrected chi connectivity index (χ1v) is 10.5. The van der Waals surface area contributed by atoms with Gasteiger partial charge < -0.3 is 19.8 Å². The molecule has 0 radical (unpaired) electrons. The molecule has 0 spiro atoms. The molecule has 0 aliphatic carbocycles. The van der Waals surface area contributed by atoms with Crippen molar-refractivity contribution in [2.75, 3.05) is 40.0 Å². The number of nitrogens with one attached hydrogen (secondary N) is 2. The zero-order chi connectivity index (χ0) is 20.1. The summed E-state index contributed by atoms with van der Waals surface area (Å²) in [5.74, 6) is 0.425. The van der Waals surface area contributed by atoms with Crippen LogP contribution in [-0.2, 0) is 21.2 Å². The number of morpholine rings is 1. The average molecular weight is 407 g/mol. The molecule has 2 heterocycles. The molecule has 1 aliphatic rings. The molecule has 3 rings (SSSR count). The van der Waals surface area contributed by atoms with Gasteiger partial charge in [0.05, 0.1) is 20.3 Å². The molecule has 9 heteroatoms. The van der Waals surface area contributed by atoms with Crippen LogP contribution in [0.25, 0.3) is 0 Å². The molecule has 2 aromatic rings. The van der Waals surface area contributed by atoms with E-state index in [0.29, 0.717) is 39.3 Å². The van der Waals surface area contributed by atoms with E-state index in [1.54, 1.807) is 7.11 Å². The van der Waals surface area contributed by atoms with E-state index in [1.807, 2.05) is 25.1 Å². The number of aryl methyl sites for hydroxylation is 1. The number of carbonyl (C=O) groups excluding carboxylic acids is 1. The monoisotopic (exact) mass is 407 g/mol. The lowest BCUT2D eigenvalue weighted by atomic mass is 10.1. The predicted molar refractivity (Wildman–Crippen MR) is 104 cm³/mol. The van der Waals surface area contributed by atoms with Gasteiger partial charge in [-0.15, -0.1) is 0 Å². The minimum absolute atomic E-state index is 0.0832. The lowest BCUT2D eigenvalue weighted by molar-refractivity contribution is 0.0730. The first-order chi connectivity index (χ1) is 13.4. The summed E-state index contributed by atoms with van der Waals surface area (Å²) in [4.78, 5) is 15.2. The Labute approximate surface area is 164 Å². The summed E-state index contributed by atoms with van der Waals surface area (Å²) in [6.07, 6.45) is 1.96. The van der Waals surface area contributed by atoms with Crippen molar-refractivity contribution >= 4 is 15.9 Å². The van der Waals surface area contributed by atoms with Crippen molar-refractivity contribution in [1.29, 1.82) is 0 Å². The molecule has 1 aromatic carbocycles. The van der Waals surface area contributed by atoms with Gasteiger partial charge in [0.15, 0.2) is 0 Å². The molecule has 152 valence electrons. The van der Waals surface area contributed by atoms with Crippen LogP contribution in [-0.4, -0.2) is 63.6 Å². The maximum atomic E-state index is 12.6. The zero-order valence-corrected chi connectivity index (χ0v) is 16.8. The smallest absolute Gasteiger partial charge is 0.267 e. The number of aromatic amines is 1. The van der Waals surface area contributed by atoms with Crippen LogP contribution in [0, 0.1) is 6.92 Å². The number of rotatable bonds is 7. The van der Waals surface area contributed by atoms with Crippen LogP contribution in [0.4, 0.5) is 0 Å². The Balaban J connectivity index is 1.61. The molecule has 1 saturated heterocycles. The summed E-state index contributed by atoms with van der Waals surface area (Å²) in [7, 11) is -2.01. The standard InChI is InChI=1S/C19H25N3O5S/c1-14-3-4-18(26-2)15(11-14)5-6-20-19(23)17-12-16(13-21-17)28(24,25)22-7-9-27-10-8-22/h3-4,11-13,21H,5-10H2,1-2H3,(H,20,23). The van der Waals surface area contributed by atoms with Crippen molar-refractivity contribution in [1.82, 2.24) is 14.6 Å². The first kappa shape index (κ1) is 20.4. The van der Waals surface area contributed by atoms with Crippen LogP contribution >= 0.6 is 0 Å². The van der Waals surface area contributed by atoms with Crippen LogP contribution in [0.2, 0.25) is 0 Å². The highest BCUT2D eigenvalue weighted by Gasteiger charge is 2.27.